The third-order valence-corrected chi connectivity index (χ3v) is 6.96. The molecule has 0 radical (unpaired) electrons. The van der Waals surface area contributed by atoms with Crippen molar-refractivity contribution in [2.75, 3.05) is 23.4 Å². The van der Waals surface area contributed by atoms with Crippen molar-refractivity contribution in [2.24, 2.45) is 0 Å². The van der Waals surface area contributed by atoms with Gasteiger partial charge < -0.3 is 14.8 Å². The zero-order valence-electron chi connectivity index (χ0n) is 17.2. The van der Waals surface area contributed by atoms with E-state index in [2.05, 4.69) is 10.3 Å². The van der Waals surface area contributed by atoms with Crippen LogP contribution in [0.1, 0.15) is 43.0 Å². The molecule has 1 unspecified atom stereocenters. The summed E-state index contributed by atoms with van der Waals surface area (Å²) in [5, 5.41) is 2.83. The van der Waals surface area contributed by atoms with Crippen molar-refractivity contribution < 1.29 is 18.0 Å². The lowest BCUT2D eigenvalue weighted by Gasteiger charge is -2.28. The monoisotopic (exact) mass is 432 g/mol. The van der Waals surface area contributed by atoms with Crippen molar-refractivity contribution in [1.82, 2.24) is 14.5 Å². The highest BCUT2D eigenvalue weighted by atomic mass is 32.2. The van der Waals surface area contributed by atoms with E-state index in [1.165, 1.54) is 0 Å². The predicted molar refractivity (Wildman–Crippen MR) is 115 cm³/mol. The minimum atomic E-state index is -3.09. The highest BCUT2D eigenvalue weighted by molar-refractivity contribution is 7.91. The largest absolute Gasteiger partial charge is 0.337 e. The molecule has 9 heteroatoms. The quantitative estimate of drug-likeness (QED) is 0.655. The molecule has 0 saturated carbocycles. The van der Waals surface area contributed by atoms with Crippen molar-refractivity contribution in [2.45, 2.75) is 45.2 Å². The van der Waals surface area contributed by atoms with Crippen molar-refractivity contribution in [3.63, 3.8) is 0 Å². The highest BCUT2D eigenvalue weighted by Gasteiger charge is 2.34. The number of unbranched alkanes of at least 4 members (excludes halogenated alkanes) is 1. The fraction of sp³-hybridized carbons (Fsp3) is 0.476. The third kappa shape index (κ3) is 5.91. The first kappa shape index (κ1) is 22.0. The Labute approximate surface area is 177 Å². The van der Waals surface area contributed by atoms with Gasteiger partial charge in [-0.05, 0) is 31.0 Å². The fourth-order valence-electron chi connectivity index (χ4n) is 3.57. The van der Waals surface area contributed by atoms with Gasteiger partial charge in [0.1, 0.15) is 0 Å². The number of hydrogen-bond donors (Lipinski definition) is 1. The van der Waals surface area contributed by atoms with Crippen LogP contribution < -0.4 is 5.32 Å². The van der Waals surface area contributed by atoms with Gasteiger partial charge in [-0.3, -0.25) is 9.59 Å². The minimum absolute atomic E-state index is 0.0210. The molecule has 1 aromatic heterocycles. The smallest absolute Gasteiger partial charge is 0.254 e. The van der Waals surface area contributed by atoms with Crippen LogP contribution in [0.3, 0.4) is 0 Å². The first-order chi connectivity index (χ1) is 14.4. The molecule has 1 aliphatic rings. The lowest BCUT2D eigenvalue weighted by molar-refractivity contribution is -0.116. The van der Waals surface area contributed by atoms with E-state index in [4.69, 9.17) is 0 Å². The molecule has 162 valence electrons. The van der Waals surface area contributed by atoms with Crippen LogP contribution in [0.2, 0.25) is 0 Å². The number of imidazole rings is 1. The molecule has 30 heavy (non-hydrogen) atoms. The van der Waals surface area contributed by atoms with Gasteiger partial charge in [0.05, 0.1) is 17.8 Å². The molecule has 2 aromatic rings. The maximum absolute atomic E-state index is 13.2. The number of nitrogens with one attached hydrogen (secondary N) is 1. The zero-order chi connectivity index (χ0) is 21.6. The Balaban J connectivity index is 1.67. The van der Waals surface area contributed by atoms with E-state index < -0.39 is 9.84 Å². The Hall–Kier alpha value is -2.68. The van der Waals surface area contributed by atoms with E-state index in [-0.39, 0.29) is 35.8 Å². The van der Waals surface area contributed by atoms with Gasteiger partial charge >= 0.3 is 0 Å². The van der Waals surface area contributed by atoms with Crippen LogP contribution in [0.25, 0.3) is 0 Å². The second-order valence-corrected chi connectivity index (χ2v) is 9.82. The number of sulfone groups is 1. The number of aryl methyl sites for hydroxylation is 1. The maximum Gasteiger partial charge on any atom is 0.254 e. The number of carbonyl (C=O) groups is 2. The number of hydrogen-bond acceptors (Lipinski definition) is 5. The lowest BCUT2D eigenvalue weighted by Crippen LogP contribution is -2.41. The van der Waals surface area contributed by atoms with Gasteiger partial charge in [-0.2, -0.15) is 0 Å². The summed E-state index contributed by atoms with van der Waals surface area (Å²) >= 11 is 0. The van der Waals surface area contributed by atoms with E-state index in [9.17, 15) is 18.0 Å². The van der Waals surface area contributed by atoms with Crippen molar-refractivity contribution in [1.29, 1.82) is 0 Å². The molecular weight excluding hydrogens is 404 g/mol. The van der Waals surface area contributed by atoms with Gasteiger partial charge in [0.2, 0.25) is 5.91 Å². The SMILES string of the molecule is CCCCN(C(=O)c1cccc(NC(=O)CCn2ccnc2)c1)C1CCS(=O)(=O)C1. The Kier molecular flexibility index (Phi) is 7.25. The van der Waals surface area contributed by atoms with Crippen molar-refractivity contribution >= 4 is 27.3 Å². The summed E-state index contributed by atoms with van der Waals surface area (Å²) in [5.41, 5.74) is 0.994. The van der Waals surface area contributed by atoms with Gasteiger partial charge in [-0.1, -0.05) is 19.4 Å². The number of anilines is 1. The summed E-state index contributed by atoms with van der Waals surface area (Å²) in [6.45, 7) is 3.08. The number of rotatable bonds is 9. The van der Waals surface area contributed by atoms with E-state index >= 15 is 0 Å². The van der Waals surface area contributed by atoms with E-state index in [1.54, 1.807) is 47.9 Å². The Morgan fingerprint density at radius 3 is 2.83 bits per heavy atom. The summed E-state index contributed by atoms with van der Waals surface area (Å²) in [4.78, 5) is 31.0. The van der Waals surface area contributed by atoms with Crippen LogP contribution in [-0.4, -0.2) is 58.8 Å². The molecule has 1 saturated heterocycles. The zero-order valence-corrected chi connectivity index (χ0v) is 18.0. The summed E-state index contributed by atoms with van der Waals surface area (Å²) in [5.74, 6) is -0.202. The van der Waals surface area contributed by atoms with Gasteiger partial charge in [0.15, 0.2) is 9.84 Å². The first-order valence-electron chi connectivity index (χ1n) is 10.2. The molecule has 1 fully saturated rings. The molecule has 1 atom stereocenters. The molecule has 0 spiro atoms. The van der Waals surface area contributed by atoms with Gasteiger partial charge in [0, 0.05) is 49.2 Å². The van der Waals surface area contributed by atoms with Crippen LogP contribution in [0, 0.1) is 0 Å². The number of benzene rings is 1. The Morgan fingerprint density at radius 2 is 2.17 bits per heavy atom. The van der Waals surface area contributed by atoms with Gasteiger partial charge in [-0.15, -0.1) is 0 Å². The minimum Gasteiger partial charge on any atom is -0.337 e. The molecule has 1 aliphatic heterocycles. The first-order valence-corrected chi connectivity index (χ1v) is 12.1. The summed E-state index contributed by atoms with van der Waals surface area (Å²) in [6, 6.07) is 6.53. The number of amides is 2. The Bertz CT molecular complexity index is 973. The summed E-state index contributed by atoms with van der Waals surface area (Å²) < 4.78 is 25.6. The second kappa shape index (κ2) is 9.88. The summed E-state index contributed by atoms with van der Waals surface area (Å²) in [6.07, 6.45) is 7.59. The van der Waals surface area contributed by atoms with Crippen molar-refractivity contribution in [3.8, 4) is 0 Å². The standard InChI is InChI=1S/C21H28N4O4S/c1-2-3-10-25(19-8-13-30(28,29)15-19)21(27)17-5-4-6-18(14-17)23-20(26)7-11-24-12-9-22-16-24/h4-6,9,12,14,16,19H,2-3,7-8,10-11,13,15H2,1H3,(H,23,26). The maximum atomic E-state index is 13.2. The van der Waals surface area contributed by atoms with Crippen LogP contribution in [0.5, 0.6) is 0 Å². The fourth-order valence-corrected chi connectivity index (χ4v) is 5.30. The topological polar surface area (TPSA) is 101 Å². The molecule has 1 N–H and O–H groups in total. The van der Waals surface area contributed by atoms with Crippen LogP contribution in [0.4, 0.5) is 5.69 Å². The lowest BCUT2D eigenvalue weighted by atomic mass is 10.1. The molecule has 0 aliphatic carbocycles. The molecule has 2 heterocycles. The van der Waals surface area contributed by atoms with Crippen LogP contribution >= 0.6 is 0 Å². The van der Waals surface area contributed by atoms with Crippen LogP contribution in [0.15, 0.2) is 43.0 Å². The molecule has 8 nitrogen and oxygen atoms in total. The Morgan fingerprint density at radius 1 is 1.33 bits per heavy atom. The van der Waals surface area contributed by atoms with Gasteiger partial charge in [-0.25, -0.2) is 13.4 Å². The average Bonchev–Trinajstić information content (AvgIpc) is 3.36. The number of nitrogens with zero attached hydrogens (tertiary/aromatic N) is 3. The normalized spacial score (nSPS) is 17.6. The molecule has 3 rings (SSSR count). The molecule has 1 aromatic carbocycles. The van der Waals surface area contributed by atoms with Gasteiger partial charge in [0.25, 0.3) is 5.91 Å². The average molecular weight is 433 g/mol. The van der Waals surface area contributed by atoms with E-state index in [0.29, 0.717) is 30.8 Å². The molecular formula is C21H28N4O4S. The highest BCUT2D eigenvalue weighted by Crippen LogP contribution is 2.22. The molecule has 2 amide bonds. The predicted octanol–water partition coefficient (Wildman–Crippen LogP) is 2.34. The third-order valence-electron chi connectivity index (χ3n) is 5.21. The molecule has 0 bridgehead atoms. The van der Waals surface area contributed by atoms with Crippen molar-refractivity contribution in [3.05, 3.63) is 48.5 Å². The second-order valence-electron chi connectivity index (χ2n) is 7.59. The van der Waals surface area contributed by atoms with Crippen LogP contribution in [-0.2, 0) is 21.2 Å². The van der Waals surface area contributed by atoms with E-state index in [1.807, 2.05) is 11.5 Å². The van der Waals surface area contributed by atoms with E-state index in [0.717, 1.165) is 12.8 Å². The number of carbonyl (C=O) groups excluding carboxylic acids is 2. The number of aromatic nitrogens is 2. The summed E-state index contributed by atoms with van der Waals surface area (Å²) in [7, 11) is -3.09.